The summed E-state index contributed by atoms with van der Waals surface area (Å²) in [4.78, 5) is 13.2. The fourth-order valence-electron chi connectivity index (χ4n) is 9.15. The van der Waals surface area contributed by atoms with Gasteiger partial charge in [-0.05, 0) is 91.3 Å². The number of ketones is 1. The molecule has 9 atom stereocenters. The standard InChI is InChI=1S/C27H46O2/c1-18(17-28)8-7-9-19(2)21-11-12-22-20-16-25(29)24-10-5-6-14-26(24,3)23(20)13-15-27(21,22)4/h18-24,28H,5-17H2,1-4H3/t18?,19-,20+,21-,22+,23+,24-,26-,27-/m1/s1. The van der Waals surface area contributed by atoms with Crippen molar-refractivity contribution in [2.45, 2.75) is 105 Å². The molecule has 0 aromatic heterocycles. The van der Waals surface area contributed by atoms with E-state index in [-0.39, 0.29) is 0 Å². The molecule has 4 saturated carbocycles. The van der Waals surface area contributed by atoms with E-state index in [4.69, 9.17) is 0 Å². The number of fused-ring (bicyclic) bond motifs is 5. The molecule has 0 amide bonds. The maximum absolute atomic E-state index is 13.2. The highest BCUT2D eigenvalue weighted by Crippen LogP contribution is 2.67. The minimum Gasteiger partial charge on any atom is -0.396 e. The third-order valence-electron chi connectivity index (χ3n) is 10.8. The Morgan fingerprint density at radius 2 is 1.72 bits per heavy atom. The molecule has 2 nitrogen and oxygen atoms in total. The molecule has 0 heterocycles. The van der Waals surface area contributed by atoms with E-state index in [2.05, 4.69) is 27.7 Å². The fraction of sp³-hybridized carbons (Fsp3) is 0.963. The van der Waals surface area contributed by atoms with E-state index in [0.29, 0.717) is 41.0 Å². The van der Waals surface area contributed by atoms with Crippen molar-refractivity contribution in [3.63, 3.8) is 0 Å². The highest BCUT2D eigenvalue weighted by molar-refractivity contribution is 5.83. The van der Waals surface area contributed by atoms with Gasteiger partial charge in [-0.25, -0.2) is 0 Å². The quantitative estimate of drug-likeness (QED) is 0.540. The van der Waals surface area contributed by atoms with Crippen molar-refractivity contribution in [3.8, 4) is 0 Å². The summed E-state index contributed by atoms with van der Waals surface area (Å²) in [7, 11) is 0. The first-order valence-corrected chi connectivity index (χ1v) is 12.9. The second-order valence-corrected chi connectivity index (χ2v) is 12.3. The molecule has 2 heteroatoms. The van der Waals surface area contributed by atoms with Crippen molar-refractivity contribution in [1.29, 1.82) is 0 Å². The van der Waals surface area contributed by atoms with Crippen LogP contribution in [0.3, 0.4) is 0 Å². The maximum atomic E-state index is 13.2. The van der Waals surface area contributed by atoms with Crippen molar-refractivity contribution in [3.05, 3.63) is 0 Å². The van der Waals surface area contributed by atoms with E-state index < -0.39 is 0 Å². The van der Waals surface area contributed by atoms with E-state index >= 15 is 0 Å². The van der Waals surface area contributed by atoms with Crippen LogP contribution < -0.4 is 0 Å². The Kier molecular flexibility index (Phi) is 6.24. The molecular formula is C27H46O2. The van der Waals surface area contributed by atoms with E-state index in [1.807, 2.05) is 0 Å². The van der Waals surface area contributed by atoms with Gasteiger partial charge < -0.3 is 5.11 Å². The Labute approximate surface area is 179 Å². The Morgan fingerprint density at radius 1 is 0.966 bits per heavy atom. The van der Waals surface area contributed by atoms with Crippen LogP contribution in [0.1, 0.15) is 105 Å². The van der Waals surface area contributed by atoms with Gasteiger partial charge in [0.1, 0.15) is 5.78 Å². The van der Waals surface area contributed by atoms with Gasteiger partial charge in [0.25, 0.3) is 0 Å². The molecule has 166 valence electrons. The number of aliphatic hydroxyl groups is 1. The smallest absolute Gasteiger partial charge is 0.136 e. The number of hydrogen-bond acceptors (Lipinski definition) is 2. The second kappa shape index (κ2) is 8.29. The molecule has 0 bridgehead atoms. The predicted octanol–water partition coefficient (Wildman–Crippen LogP) is 6.65. The van der Waals surface area contributed by atoms with E-state index in [9.17, 15) is 9.90 Å². The summed E-state index contributed by atoms with van der Waals surface area (Å²) in [6.45, 7) is 10.1. The lowest BCUT2D eigenvalue weighted by atomic mass is 9.44. The topological polar surface area (TPSA) is 37.3 Å². The molecule has 1 unspecified atom stereocenters. The first-order valence-electron chi connectivity index (χ1n) is 12.9. The highest BCUT2D eigenvalue weighted by atomic mass is 16.3. The SMILES string of the molecule is CC(CO)CCC[C@@H](C)[C@H]1CC[C@H]2[C@@H]3CC(=O)[C@H]4CCCC[C@]4(C)[C@H]3CC[C@]12C. The number of aliphatic hydroxyl groups excluding tert-OH is 1. The summed E-state index contributed by atoms with van der Waals surface area (Å²) in [6, 6.07) is 0. The van der Waals surface area contributed by atoms with Crippen LogP contribution in [-0.2, 0) is 4.79 Å². The van der Waals surface area contributed by atoms with Crippen molar-refractivity contribution < 1.29 is 9.90 Å². The van der Waals surface area contributed by atoms with Gasteiger partial charge in [0.2, 0.25) is 0 Å². The average molecular weight is 403 g/mol. The summed E-state index contributed by atoms with van der Waals surface area (Å²) in [5, 5.41) is 9.31. The van der Waals surface area contributed by atoms with Gasteiger partial charge in [0, 0.05) is 18.9 Å². The zero-order chi connectivity index (χ0) is 20.8. The van der Waals surface area contributed by atoms with Gasteiger partial charge in [0.15, 0.2) is 0 Å². The molecular weight excluding hydrogens is 356 g/mol. The molecule has 0 radical (unpaired) electrons. The summed E-state index contributed by atoms with van der Waals surface area (Å²) >= 11 is 0. The van der Waals surface area contributed by atoms with E-state index in [1.165, 1.54) is 64.2 Å². The third-order valence-corrected chi connectivity index (χ3v) is 10.8. The lowest BCUT2D eigenvalue weighted by molar-refractivity contribution is -0.154. The van der Waals surface area contributed by atoms with Crippen LogP contribution in [0.4, 0.5) is 0 Å². The van der Waals surface area contributed by atoms with Gasteiger partial charge in [-0.3, -0.25) is 4.79 Å². The monoisotopic (exact) mass is 402 g/mol. The van der Waals surface area contributed by atoms with Crippen LogP contribution in [-0.4, -0.2) is 17.5 Å². The molecule has 4 aliphatic carbocycles. The van der Waals surface area contributed by atoms with Gasteiger partial charge in [-0.2, -0.15) is 0 Å². The van der Waals surface area contributed by atoms with E-state index in [1.54, 1.807) is 0 Å². The average Bonchev–Trinajstić information content (AvgIpc) is 3.05. The van der Waals surface area contributed by atoms with Crippen molar-refractivity contribution in [2.75, 3.05) is 6.61 Å². The Balaban J connectivity index is 1.47. The van der Waals surface area contributed by atoms with Crippen LogP contribution in [0.15, 0.2) is 0 Å². The van der Waals surface area contributed by atoms with Crippen LogP contribution in [0.2, 0.25) is 0 Å². The van der Waals surface area contributed by atoms with Crippen LogP contribution in [0.5, 0.6) is 0 Å². The van der Waals surface area contributed by atoms with Crippen molar-refractivity contribution in [1.82, 2.24) is 0 Å². The number of rotatable bonds is 6. The third kappa shape index (κ3) is 3.64. The largest absolute Gasteiger partial charge is 0.396 e. The van der Waals surface area contributed by atoms with Crippen molar-refractivity contribution in [2.24, 2.45) is 52.3 Å². The normalized spacial score (nSPS) is 46.5. The van der Waals surface area contributed by atoms with Gasteiger partial charge in [-0.1, -0.05) is 53.4 Å². The summed E-state index contributed by atoms with van der Waals surface area (Å²) in [5.41, 5.74) is 0.769. The zero-order valence-electron chi connectivity index (χ0n) is 19.6. The van der Waals surface area contributed by atoms with Crippen LogP contribution in [0.25, 0.3) is 0 Å². The summed E-state index contributed by atoms with van der Waals surface area (Å²) in [5.74, 6) is 5.35. The molecule has 4 rings (SSSR count). The molecule has 0 aliphatic heterocycles. The van der Waals surface area contributed by atoms with Gasteiger partial charge >= 0.3 is 0 Å². The van der Waals surface area contributed by atoms with Crippen LogP contribution in [0, 0.1) is 52.3 Å². The Morgan fingerprint density at radius 3 is 2.48 bits per heavy atom. The molecule has 4 fully saturated rings. The summed E-state index contributed by atoms with van der Waals surface area (Å²) in [6.07, 6.45) is 15.3. The number of hydrogen-bond donors (Lipinski definition) is 1. The van der Waals surface area contributed by atoms with Gasteiger partial charge in [-0.15, -0.1) is 0 Å². The lowest BCUT2D eigenvalue weighted by Crippen LogP contribution is -2.56. The maximum Gasteiger partial charge on any atom is 0.136 e. The molecule has 0 spiro atoms. The first-order chi connectivity index (χ1) is 13.8. The highest BCUT2D eigenvalue weighted by Gasteiger charge is 2.61. The second-order valence-electron chi connectivity index (χ2n) is 12.3. The van der Waals surface area contributed by atoms with Crippen LogP contribution >= 0.6 is 0 Å². The molecule has 0 aromatic carbocycles. The minimum absolute atomic E-state index is 0.309. The zero-order valence-corrected chi connectivity index (χ0v) is 19.6. The van der Waals surface area contributed by atoms with Crippen molar-refractivity contribution >= 4 is 5.78 Å². The molecule has 1 N–H and O–H groups in total. The number of carbonyl (C=O) groups excluding carboxylic acids is 1. The number of Topliss-reactive ketones (excluding diaryl/α,β-unsaturated/α-hetero) is 1. The lowest BCUT2D eigenvalue weighted by Gasteiger charge is -2.60. The molecule has 4 aliphatic rings. The molecule has 29 heavy (non-hydrogen) atoms. The minimum atomic E-state index is 0.309. The first kappa shape index (κ1) is 21.8. The Hall–Kier alpha value is -0.370. The Bertz CT molecular complexity index is 599. The fourth-order valence-corrected chi connectivity index (χ4v) is 9.15. The molecule has 0 aromatic rings. The van der Waals surface area contributed by atoms with Gasteiger partial charge in [0.05, 0.1) is 0 Å². The summed E-state index contributed by atoms with van der Waals surface area (Å²) < 4.78 is 0. The number of carbonyl (C=O) groups is 1. The molecule has 0 saturated heterocycles. The predicted molar refractivity (Wildman–Crippen MR) is 119 cm³/mol. The van der Waals surface area contributed by atoms with E-state index in [0.717, 1.165) is 36.5 Å².